The predicted molar refractivity (Wildman–Crippen MR) is 67.1 cm³/mol. The molecule has 0 spiro atoms. The summed E-state index contributed by atoms with van der Waals surface area (Å²) >= 11 is 0. The normalized spacial score (nSPS) is 10.8. The van der Waals surface area contributed by atoms with Gasteiger partial charge in [-0.2, -0.15) is 0 Å². The molecule has 2 aromatic rings. The number of hydrogen-bond acceptors (Lipinski definition) is 2. The van der Waals surface area contributed by atoms with Gasteiger partial charge < -0.3 is 15.0 Å². The maximum atomic E-state index is 11.4. The highest BCUT2D eigenvalue weighted by molar-refractivity contribution is 5.81. The zero-order valence-electron chi connectivity index (χ0n) is 9.99. The van der Waals surface area contributed by atoms with Gasteiger partial charge in [-0.15, -0.1) is 0 Å². The van der Waals surface area contributed by atoms with Crippen molar-refractivity contribution in [3.63, 3.8) is 0 Å². The van der Waals surface area contributed by atoms with Crippen LogP contribution >= 0.6 is 0 Å². The maximum absolute atomic E-state index is 11.4. The van der Waals surface area contributed by atoms with Gasteiger partial charge in [-0.05, 0) is 38.1 Å². The predicted octanol–water partition coefficient (Wildman–Crippen LogP) is 2.07. The van der Waals surface area contributed by atoms with Crippen molar-refractivity contribution in [2.24, 2.45) is 0 Å². The minimum Gasteiger partial charge on any atom is -0.484 e. The van der Waals surface area contributed by atoms with Crippen molar-refractivity contribution in [3.8, 4) is 5.75 Å². The average Bonchev–Trinajstić information content (AvgIpc) is 2.72. The van der Waals surface area contributed by atoms with Gasteiger partial charge in [0.15, 0.2) is 6.61 Å². The Morgan fingerprint density at radius 2 is 2.24 bits per heavy atom. The van der Waals surface area contributed by atoms with E-state index in [2.05, 4.69) is 10.3 Å². The topological polar surface area (TPSA) is 54.1 Å². The monoisotopic (exact) mass is 232 g/mol. The summed E-state index contributed by atoms with van der Waals surface area (Å²) in [7, 11) is 0. The van der Waals surface area contributed by atoms with Crippen molar-refractivity contribution in [2.75, 3.05) is 6.61 Å². The van der Waals surface area contributed by atoms with Crippen LogP contribution in [-0.4, -0.2) is 23.5 Å². The summed E-state index contributed by atoms with van der Waals surface area (Å²) in [6, 6.07) is 7.80. The van der Waals surface area contributed by atoms with E-state index < -0.39 is 0 Å². The third-order valence-electron chi connectivity index (χ3n) is 2.34. The van der Waals surface area contributed by atoms with Crippen molar-refractivity contribution in [1.29, 1.82) is 0 Å². The minimum absolute atomic E-state index is 0.0497. The van der Waals surface area contributed by atoms with Crippen LogP contribution in [0.3, 0.4) is 0 Å². The molecule has 4 heteroatoms. The molecule has 0 radical (unpaired) electrons. The van der Waals surface area contributed by atoms with Crippen molar-refractivity contribution >= 4 is 16.8 Å². The van der Waals surface area contributed by atoms with Crippen molar-refractivity contribution in [3.05, 3.63) is 30.5 Å². The van der Waals surface area contributed by atoms with E-state index in [1.165, 1.54) is 0 Å². The highest BCUT2D eigenvalue weighted by Crippen LogP contribution is 2.19. The number of benzene rings is 1. The molecule has 2 N–H and O–H groups in total. The number of ether oxygens (including phenoxy) is 1. The first-order valence-electron chi connectivity index (χ1n) is 5.64. The molecule has 0 aliphatic carbocycles. The lowest BCUT2D eigenvalue weighted by atomic mass is 10.2. The van der Waals surface area contributed by atoms with Crippen LogP contribution in [0.2, 0.25) is 0 Å². The van der Waals surface area contributed by atoms with Gasteiger partial charge in [0.2, 0.25) is 0 Å². The van der Waals surface area contributed by atoms with Crippen LogP contribution in [0, 0.1) is 0 Å². The van der Waals surface area contributed by atoms with E-state index in [1.54, 1.807) is 0 Å². The summed E-state index contributed by atoms with van der Waals surface area (Å²) in [4.78, 5) is 14.5. The highest BCUT2D eigenvalue weighted by atomic mass is 16.5. The van der Waals surface area contributed by atoms with Crippen molar-refractivity contribution in [2.45, 2.75) is 19.9 Å². The van der Waals surface area contributed by atoms with Crippen molar-refractivity contribution in [1.82, 2.24) is 10.3 Å². The Bertz CT molecular complexity index is 517. The van der Waals surface area contributed by atoms with Gasteiger partial charge >= 0.3 is 0 Å². The summed E-state index contributed by atoms with van der Waals surface area (Å²) in [5.74, 6) is 0.602. The first-order valence-corrected chi connectivity index (χ1v) is 5.64. The summed E-state index contributed by atoms with van der Waals surface area (Å²) in [6.45, 7) is 3.89. The Kier molecular flexibility index (Phi) is 3.32. The minimum atomic E-state index is -0.103. The molecule has 1 heterocycles. The number of carbonyl (C=O) groups is 1. The first kappa shape index (κ1) is 11.5. The molecule has 1 amide bonds. The number of fused-ring (bicyclic) bond motifs is 1. The van der Waals surface area contributed by atoms with Crippen LogP contribution in [0.1, 0.15) is 13.8 Å². The van der Waals surface area contributed by atoms with Crippen LogP contribution in [0.5, 0.6) is 5.75 Å². The Morgan fingerprint density at radius 3 is 3.00 bits per heavy atom. The van der Waals surface area contributed by atoms with Gasteiger partial charge in [0, 0.05) is 23.1 Å². The van der Waals surface area contributed by atoms with Gasteiger partial charge in [-0.3, -0.25) is 4.79 Å². The number of amides is 1. The van der Waals surface area contributed by atoms with Gasteiger partial charge in [-0.1, -0.05) is 0 Å². The standard InChI is InChI=1S/C13H16N2O2/c1-9(2)15-13(16)8-17-11-3-4-12-10(7-11)5-6-14-12/h3-7,9,14H,8H2,1-2H3,(H,15,16). The number of hydrogen-bond donors (Lipinski definition) is 2. The summed E-state index contributed by atoms with van der Waals surface area (Å²) in [5.41, 5.74) is 1.06. The number of aromatic amines is 1. The second-order valence-electron chi connectivity index (χ2n) is 4.24. The Balaban J connectivity index is 1.96. The summed E-state index contributed by atoms with van der Waals surface area (Å²) < 4.78 is 5.42. The number of nitrogens with one attached hydrogen (secondary N) is 2. The molecule has 0 fully saturated rings. The van der Waals surface area contributed by atoms with Gasteiger partial charge in [0.25, 0.3) is 5.91 Å². The molecular formula is C13H16N2O2. The van der Waals surface area contributed by atoms with Crippen LogP contribution in [0.4, 0.5) is 0 Å². The third-order valence-corrected chi connectivity index (χ3v) is 2.34. The van der Waals surface area contributed by atoms with Crippen LogP contribution in [0.15, 0.2) is 30.5 Å². The molecule has 0 saturated heterocycles. The SMILES string of the molecule is CC(C)NC(=O)COc1ccc2[nH]ccc2c1. The number of aromatic nitrogens is 1. The summed E-state index contributed by atoms with van der Waals surface area (Å²) in [5, 5.41) is 3.85. The highest BCUT2D eigenvalue weighted by Gasteiger charge is 2.04. The van der Waals surface area contributed by atoms with E-state index in [1.807, 2.05) is 44.3 Å². The fourth-order valence-electron chi connectivity index (χ4n) is 1.63. The van der Waals surface area contributed by atoms with Crippen molar-refractivity contribution < 1.29 is 9.53 Å². The van der Waals surface area contributed by atoms with Crippen LogP contribution in [-0.2, 0) is 4.79 Å². The Morgan fingerprint density at radius 1 is 1.41 bits per heavy atom. The smallest absolute Gasteiger partial charge is 0.258 e. The van der Waals surface area contributed by atoms with Gasteiger partial charge in [-0.25, -0.2) is 0 Å². The number of H-pyrrole nitrogens is 1. The Labute approximate surface area is 100.0 Å². The lowest BCUT2D eigenvalue weighted by molar-refractivity contribution is -0.123. The van der Waals surface area contributed by atoms with E-state index in [4.69, 9.17) is 4.74 Å². The maximum Gasteiger partial charge on any atom is 0.258 e. The van der Waals surface area contributed by atoms with E-state index in [9.17, 15) is 4.79 Å². The molecule has 4 nitrogen and oxygen atoms in total. The molecule has 17 heavy (non-hydrogen) atoms. The molecule has 90 valence electrons. The first-order chi connectivity index (χ1) is 8.15. The number of rotatable bonds is 4. The molecule has 0 saturated carbocycles. The fourth-order valence-corrected chi connectivity index (χ4v) is 1.63. The van der Waals surface area contributed by atoms with E-state index in [0.717, 1.165) is 10.9 Å². The van der Waals surface area contributed by atoms with Crippen LogP contribution in [0.25, 0.3) is 10.9 Å². The van der Waals surface area contributed by atoms with Gasteiger partial charge in [0.05, 0.1) is 0 Å². The zero-order chi connectivity index (χ0) is 12.3. The quantitative estimate of drug-likeness (QED) is 0.847. The molecule has 0 aliphatic heterocycles. The Hall–Kier alpha value is -1.97. The average molecular weight is 232 g/mol. The molecule has 0 bridgehead atoms. The van der Waals surface area contributed by atoms with E-state index in [0.29, 0.717) is 5.75 Å². The second-order valence-corrected chi connectivity index (χ2v) is 4.24. The van der Waals surface area contributed by atoms with Crippen LogP contribution < -0.4 is 10.1 Å². The third kappa shape index (κ3) is 3.00. The summed E-state index contributed by atoms with van der Waals surface area (Å²) in [6.07, 6.45) is 1.87. The zero-order valence-corrected chi connectivity index (χ0v) is 9.99. The van der Waals surface area contributed by atoms with E-state index in [-0.39, 0.29) is 18.6 Å². The molecule has 1 aromatic heterocycles. The molecule has 2 rings (SSSR count). The molecule has 0 unspecified atom stereocenters. The molecular weight excluding hydrogens is 216 g/mol. The van der Waals surface area contributed by atoms with E-state index >= 15 is 0 Å². The lowest BCUT2D eigenvalue weighted by Gasteiger charge is -2.09. The molecule has 0 aliphatic rings. The molecule has 0 atom stereocenters. The van der Waals surface area contributed by atoms with Gasteiger partial charge in [0.1, 0.15) is 5.75 Å². The fraction of sp³-hybridized carbons (Fsp3) is 0.308. The number of carbonyl (C=O) groups excluding carboxylic acids is 1. The second kappa shape index (κ2) is 4.91. The lowest BCUT2D eigenvalue weighted by Crippen LogP contribution is -2.34. The molecule has 1 aromatic carbocycles. The largest absolute Gasteiger partial charge is 0.484 e.